The molecule has 0 amide bonds. The van der Waals surface area contributed by atoms with E-state index in [4.69, 9.17) is 5.73 Å². The highest BCUT2D eigenvalue weighted by molar-refractivity contribution is 5.23. The standard InChI is InChI=1S/C14H24N2/c1-5-16(6-2)14(4,15)11-13-9-7-8-12(3)10-13/h7-10H,5-6,11,15H2,1-4H3. The molecule has 0 spiro atoms. The number of nitrogens with two attached hydrogens (primary N) is 1. The fraction of sp³-hybridized carbons (Fsp3) is 0.571. The molecular formula is C14H24N2. The van der Waals surface area contributed by atoms with Gasteiger partial charge in [0.15, 0.2) is 0 Å². The van der Waals surface area contributed by atoms with E-state index in [-0.39, 0.29) is 5.66 Å². The molecule has 0 radical (unpaired) electrons. The summed E-state index contributed by atoms with van der Waals surface area (Å²) in [5.74, 6) is 0. The van der Waals surface area contributed by atoms with Crippen LogP contribution in [0.3, 0.4) is 0 Å². The number of aryl methyl sites for hydroxylation is 1. The van der Waals surface area contributed by atoms with Gasteiger partial charge in [-0.05, 0) is 32.5 Å². The van der Waals surface area contributed by atoms with Crippen molar-refractivity contribution in [3.63, 3.8) is 0 Å². The van der Waals surface area contributed by atoms with Gasteiger partial charge in [-0.2, -0.15) is 0 Å². The summed E-state index contributed by atoms with van der Waals surface area (Å²) in [6.07, 6.45) is 0.899. The Morgan fingerprint density at radius 3 is 2.38 bits per heavy atom. The van der Waals surface area contributed by atoms with Crippen LogP contribution in [0.2, 0.25) is 0 Å². The Morgan fingerprint density at radius 1 is 1.25 bits per heavy atom. The third-order valence-electron chi connectivity index (χ3n) is 3.13. The number of likely N-dealkylation sites (N-methyl/N-ethyl adjacent to an activating group) is 1. The molecule has 0 aromatic heterocycles. The fourth-order valence-corrected chi connectivity index (χ4v) is 2.29. The van der Waals surface area contributed by atoms with E-state index in [0.717, 1.165) is 19.5 Å². The molecule has 16 heavy (non-hydrogen) atoms. The molecule has 90 valence electrons. The number of hydrogen-bond acceptors (Lipinski definition) is 2. The first-order valence-corrected chi connectivity index (χ1v) is 6.09. The number of hydrogen-bond donors (Lipinski definition) is 1. The maximum atomic E-state index is 6.39. The van der Waals surface area contributed by atoms with Crippen LogP contribution in [0.5, 0.6) is 0 Å². The van der Waals surface area contributed by atoms with Gasteiger partial charge in [-0.25, -0.2) is 0 Å². The molecule has 2 N–H and O–H groups in total. The van der Waals surface area contributed by atoms with Crippen molar-refractivity contribution in [2.24, 2.45) is 5.73 Å². The van der Waals surface area contributed by atoms with Gasteiger partial charge >= 0.3 is 0 Å². The van der Waals surface area contributed by atoms with Gasteiger partial charge in [0.25, 0.3) is 0 Å². The van der Waals surface area contributed by atoms with Gasteiger partial charge in [0.05, 0.1) is 5.66 Å². The third-order valence-corrected chi connectivity index (χ3v) is 3.13. The highest BCUT2D eigenvalue weighted by Gasteiger charge is 2.24. The zero-order chi connectivity index (χ0) is 12.2. The lowest BCUT2D eigenvalue weighted by atomic mass is 9.99. The maximum Gasteiger partial charge on any atom is 0.0699 e. The lowest BCUT2D eigenvalue weighted by Crippen LogP contribution is -2.55. The number of nitrogens with zero attached hydrogens (tertiary/aromatic N) is 1. The van der Waals surface area contributed by atoms with Crippen molar-refractivity contribution >= 4 is 0 Å². The van der Waals surface area contributed by atoms with Crippen LogP contribution in [-0.4, -0.2) is 23.7 Å². The lowest BCUT2D eigenvalue weighted by molar-refractivity contribution is 0.123. The Kier molecular flexibility index (Phi) is 4.51. The average molecular weight is 220 g/mol. The molecule has 2 nitrogen and oxygen atoms in total. The second kappa shape index (κ2) is 5.46. The second-order valence-corrected chi connectivity index (χ2v) is 4.70. The molecule has 2 heteroatoms. The summed E-state index contributed by atoms with van der Waals surface area (Å²) in [6.45, 7) is 10.5. The van der Waals surface area contributed by atoms with Crippen molar-refractivity contribution in [1.82, 2.24) is 4.90 Å². The molecule has 0 saturated heterocycles. The summed E-state index contributed by atoms with van der Waals surface area (Å²) in [4.78, 5) is 2.30. The van der Waals surface area contributed by atoms with Crippen molar-refractivity contribution in [3.8, 4) is 0 Å². The first-order valence-electron chi connectivity index (χ1n) is 6.09. The zero-order valence-electron chi connectivity index (χ0n) is 11.0. The van der Waals surface area contributed by atoms with E-state index in [2.05, 4.69) is 56.9 Å². The smallest absolute Gasteiger partial charge is 0.0699 e. The summed E-state index contributed by atoms with van der Waals surface area (Å²) in [6, 6.07) is 8.59. The molecule has 0 bridgehead atoms. The lowest BCUT2D eigenvalue weighted by Gasteiger charge is -2.37. The molecule has 1 aromatic rings. The van der Waals surface area contributed by atoms with Crippen molar-refractivity contribution in [3.05, 3.63) is 35.4 Å². The normalized spacial score (nSPS) is 15.1. The molecule has 0 heterocycles. The van der Waals surface area contributed by atoms with Gasteiger partial charge < -0.3 is 5.73 Å². The SMILES string of the molecule is CCN(CC)C(C)(N)Cc1cccc(C)c1. The van der Waals surface area contributed by atoms with Crippen molar-refractivity contribution < 1.29 is 0 Å². The van der Waals surface area contributed by atoms with E-state index in [9.17, 15) is 0 Å². The minimum Gasteiger partial charge on any atom is -0.313 e. The quantitative estimate of drug-likeness (QED) is 0.773. The first-order chi connectivity index (χ1) is 7.49. The van der Waals surface area contributed by atoms with Gasteiger partial charge in [-0.1, -0.05) is 43.7 Å². The van der Waals surface area contributed by atoms with Crippen molar-refractivity contribution in [2.75, 3.05) is 13.1 Å². The van der Waals surface area contributed by atoms with Gasteiger partial charge in [-0.15, -0.1) is 0 Å². The van der Waals surface area contributed by atoms with Crippen LogP contribution < -0.4 is 5.73 Å². The predicted octanol–water partition coefficient (Wildman–Crippen LogP) is 2.55. The molecule has 1 rings (SSSR count). The monoisotopic (exact) mass is 220 g/mol. The van der Waals surface area contributed by atoms with Crippen LogP contribution in [-0.2, 0) is 6.42 Å². The minimum absolute atomic E-state index is 0.253. The highest BCUT2D eigenvalue weighted by atomic mass is 15.3. The van der Waals surface area contributed by atoms with Crippen molar-refractivity contribution in [1.29, 1.82) is 0 Å². The summed E-state index contributed by atoms with van der Waals surface area (Å²) < 4.78 is 0. The summed E-state index contributed by atoms with van der Waals surface area (Å²) in [5, 5.41) is 0. The van der Waals surface area contributed by atoms with Gasteiger partial charge in [0.1, 0.15) is 0 Å². The number of rotatable bonds is 5. The van der Waals surface area contributed by atoms with Crippen LogP contribution >= 0.6 is 0 Å². The molecule has 0 aliphatic carbocycles. The molecule has 1 atom stereocenters. The van der Waals surface area contributed by atoms with Gasteiger partial charge in [-0.3, -0.25) is 4.90 Å². The molecule has 0 fully saturated rings. The van der Waals surface area contributed by atoms with Gasteiger partial charge in [0, 0.05) is 6.42 Å². The van der Waals surface area contributed by atoms with Crippen LogP contribution in [0.15, 0.2) is 24.3 Å². The van der Waals surface area contributed by atoms with Crippen LogP contribution in [0, 0.1) is 6.92 Å². The topological polar surface area (TPSA) is 29.3 Å². The van der Waals surface area contributed by atoms with E-state index in [1.165, 1.54) is 11.1 Å². The summed E-state index contributed by atoms with van der Waals surface area (Å²) >= 11 is 0. The summed E-state index contributed by atoms with van der Waals surface area (Å²) in [7, 11) is 0. The molecule has 0 aliphatic rings. The van der Waals surface area contributed by atoms with Crippen molar-refractivity contribution in [2.45, 2.75) is 39.8 Å². The Hall–Kier alpha value is -0.860. The van der Waals surface area contributed by atoms with Crippen LogP contribution in [0.4, 0.5) is 0 Å². The zero-order valence-corrected chi connectivity index (χ0v) is 11.0. The molecular weight excluding hydrogens is 196 g/mol. The summed E-state index contributed by atoms with van der Waals surface area (Å²) in [5.41, 5.74) is 8.75. The molecule has 1 unspecified atom stereocenters. The maximum absolute atomic E-state index is 6.39. The second-order valence-electron chi connectivity index (χ2n) is 4.70. The predicted molar refractivity (Wildman–Crippen MR) is 70.4 cm³/mol. The Bertz CT molecular complexity index is 327. The van der Waals surface area contributed by atoms with Gasteiger partial charge in [0.2, 0.25) is 0 Å². The first kappa shape index (κ1) is 13.2. The Balaban J connectivity index is 2.79. The third kappa shape index (κ3) is 3.32. The van der Waals surface area contributed by atoms with E-state index >= 15 is 0 Å². The van der Waals surface area contributed by atoms with E-state index in [1.54, 1.807) is 0 Å². The minimum atomic E-state index is -0.253. The van der Waals surface area contributed by atoms with E-state index in [0.29, 0.717) is 0 Å². The Morgan fingerprint density at radius 2 is 1.88 bits per heavy atom. The van der Waals surface area contributed by atoms with Crippen LogP contribution in [0.25, 0.3) is 0 Å². The number of benzene rings is 1. The molecule has 0 aliphatic heterocycles. The molecule has 1 aromatic carbocycles. The van der Waals surface area contributed by atoms with E-state index < -0.39 is 0 Å². The Labute approximate surface area is 99.5 Å². The molecule has 0 saturated carbocycles. The average Bonchev–Trinajstić information content (AvgIpc) is 2.18. The highest BCUT2D eigenvalue weighted by Crippen LogP contribution is 2.16. The van der Waals surface area contributed by atoms with Crippen LogP contribution in [0.1, 0.15) is 31.9 Å². The fourth-order valence-electron chi connectivity index (χ4n) is 2.29. The van der Waals surface area contributed by atoms with E-state index in [1.807, 2.05) is 0 Å². The largest absolute Gasteiger partial charge is 0.313 e.